The number of hydrogen-bond acceptors (Lipinski definition) is 7. The molecule has 0 saturated carbocycles. The standard InChI is InChI=1S/C22H32N4O4/c1-3-29-16-19(27)14-25-9-11-26(12-10-25)15-21-23-20(17-30-21)22(28)24(2)13-18-7-5-4-6-8-18/h4-8,17,19,27H,3,9-16H2,1-2H3. The summed E-state index contributed by atoms with van der Waals surface area (Å²) in [4.78, 5) is 23.2. The van der Waals surface area contributed by atoms with E-state index in [1.807, 2.05) is 37.3 Å². The molecule has 1 fully saturated rings. The number of aromatic nitrogens is 1. The minimum Gasteiger partial charge on any atom is -0.447 e. The number of nitrogens with zero attached hydrogens (tertiary/aromatic N) is 4. The van der Waals surface area contributed by atoms with Crippen LogP contribution in [0.25, 0.3) is 0 Å². The van der Waals surface area contributed by atoms with Crippen molar-refractivity contribution in [2.75, 3.05) is 53.0 Å². The molecule has 0 radical (unpaired) electrons. The number of hydrogen-bond donors (Lipinski definition) is 1. The average molecular weight is 417 g/mol. The van der Waals surface area contributed by atoms with Crippen LogP contribution in [-0.2, 0) is 17.8 Å². The van der Waals surface area contributed by atoms with Crippen molar-refractivity contribution < 1.29 is 19.1 Å². The van der Waals surface area contributed by atoms with Gasteiger partial charge in [0, 0.05) is 52.9 Å². The smallest absolute Gasteiger partial charge is 0.275 e. The van der Waals surface area contributed by atoms with Crippen molar-refractivity contribution >= 4 is 5.91 Å². The second-order valence-corrected chi connectivity index (χ2v) is 7.66. The Labute approximate surface area is 178 Å². The van der Waals surface area contributed by atoms with E-state index in [-0.39, 0.29) is 5.91 Å². The molecule has 1 N–H and O–H groups in total. The number of ether oxygens (including phenoxy) is 1. The molecule has 1 aliphatic heterocycles. The van der Waals surface area contributed by atoms with E-state index in [2.05, 4.69) is 14.8 Å². The summed E-state index contributed by atoms with van der Waals surface area (Å²) in [5.41, 5.74) is 1.41. The van der Waals surface area contributed by atoms with Crippen LogP contribution in [0.1, 0.15) is 28.9 Å². The van der Waals surface area contributed by atoms with E-state index < -0.39 is 6.10 Å². The summed E-state index contributed by atoms with van der Waals surface area (Å²) >= 11 is 0. The highest BCUT2D eigenvalue weighted by atomic mass is 16.5. The predicted molar refractivity (Wildman–Crippen MR) is 113 cm³/mol. The monoisotopic (exact) mass is 416 g/mol. The fourth-order valence-corrected chi connectivity index (χ4v) is 3.53. The maximum absolute atomic E-state index is 12.6. The van der Waals surface area contributed by atoms with Crippen molar-refractivity contribution in [3.8, 4) is 0 Å². The fraction of sp³-hybridized carbons (Fsp3) is 0.545. The van der Waals surface area contributed by atoms with Crippen LogP contribution in [0.15, 0.2) is 41.0 Å². The van der Waals surface area contributed by atoms with Gasteiger partial charge in [-0.1, -0.05) is 30.3 Å². The summed E-state index contributed by atoms with van der Waals surface area (Å²) in [6, 6.07) is 9.86. The average Bonchev–Trinajstić information content (AvgIpc) is 3.22. The maximum Gasteiger partial charge on any atom is 0.275 e. The van der Waals surface area contributed by atoms with E-state index in [9.17, 15) is 9.90 Å². The fourth-order valence-electron chi connectivity index (χ4n) is 3.53. The number of benzene rings is 1. The van der Waals surface area contributed by atoms with Crippen LogP contribution in [-0.4, -0.2) is 89.8 Å². The molecule has 1 aliphatic rings. The van der Waals surface area contributed by atoms with Gasteiger partial charge in [0.15, 0.2) is 5.69 Å². The molecule has 1 atom stereocenters. The van der Waals surface area contributed by atoms with E-state index in [0.717, 1.165) is 31.7 Å². The van der Waals surface area contributed by atoms with Crippen molar-refractivity contribution in [1.29, 1.82) is 0 Å². The highest BCUT2D eigenvalue weighted by Gasteiger charge is 2.22. The van der Waals surface area contributed by atoms with Gasteiger partial charge in [-0.05, 0) is 12.5 Å². The first-order valence-corrected chi connectivity index (χ1v) is 10.5. The molecule has 1 aromatic heterocycles. The molecule has 164 valence electrons. The first-order chi connectivity index (χ1) is 14.5. The lowest BCUT2D eigenvalue weighted by Crippen LogP contribution is -2.48. The number of rotatable bonds is 10. The molecule has 0 spiro atoms. The van der Waals surface area contributed by atoms with Gasteiger partial charge in [-0.3, -0.25) is 14.6 Å². The van der Waals surface area contributed by atoms with Gasteiger partial charge in [0.2, 0.25) is 5.89 Å². The van der Waals surface area contributed by atoms with Gasteiger partial charge >= 0.3 is 0 Å². The summed E-state index contributed by atoms with van der Waals surface area (Å²) < 4.78 is 10.8. The second-order valence-electron chi connectivity index (χ2n) is 7.66. The molecule has 2 heterocycles. The lowest BCUT2D eigenvalue weighted by atomic mass is 10.2. The number of β-amino-alcohol motifs (C(OH)–C–C–N with tert-alkyl or cyclic N) is 1. The van der Waals surface area contributed by atoms with Crippen LogP contribution >= 0.6 is 0 Å². The third-order valence-corrected chi connectivity index (χ3v) is 5.19. The molecule has 2 aromatic rings. The first-order valence-electron chi connectivity index (χ1n) is 10.5. The molecule has 1 amide bonds. The van der Waals surface area contributed by atoms with Gasteiger partial charge < -0.3 is 19.2 Å². The number of oxazole rings is 1. The largest absolute Gasteiger partial charge is 0.447 e. The van der Waals surface area contributed by atoms with E-state index in [1.54, 1.807) is 11.9 Å². The van der Waals surface area contributed by atoms with Gasteiger partial charge in [-0.2, -0.15) is 0 Å². The SMILES string of the molecule is CCOCC(O)CN1CCN(Cc2nc(C(=O)N(C)Cc3ccccc3)co2)CC1. The summed E-state index contributed by atoms with van der Waals surface area (Å²) in [5, 5.41) is 9.99. The number of carbonyl (C=O) groups is 1. The molecule has 0 bridgehead atoms. The summed E-state index contributed by atoms with van der Waals surface area (Å²) in [7, 11) is 1.77. The van der Waals surface area contributed by atoms with Crippen LogP contribution in [0, 0.1) is 0 Å². The molecular weight excluding hydrogens is 384 g/mol. The van der Waals surface area contributed by atoms with Crippen molar-refractivity contribution in [3.63, 3.8) is 0 Å². The molecule has 0 aliphatic carbocycles. The minimum absolute atomic E-state index is 0.151. The summed E-state index contributed by atoms with van der Waals surface area (Å²) in [5.74, 6) is 0.401. The maximum atomic E-state index is 12.6. The quantitative estimate of drug-likeness (QED) is 0.628. The van der Waals surface area contributed by atoms with Gasteiger partial charge in [0.05, 0.1) is 19.3 Å². The van der Waals surface area contributed by atoms with Crippen molar-refractivity contribution in [2.24, 2.45) is 0 Å². The van der Waals surface area contributed by atoms with Gasteiger partial charge in [-0.25, -0.2) is 4.98 Å². The Morgan fingerprint density at radius 2 is 1.93 bits per heavy atom. The molecule has 30 heavy (non-hydrogen) atoms. The third-order valence-electron chi connectivity index (χ3n) is 5.19. The summed E-state index contributed by atoms with van der Waals surface area (Å²) in [6.45, 7) is 8.11. The molecule has 1 unspecified atom stereocenters. The zero-order valence-corrected chi connectivity index (χ0v) is 17.9. The Balaban J connectivity index is 1.44. The van der Waals surface area contributed by atoms with Crippen LogP contribution in [0.5, 0.6) is 0 Å². The Morgan fingerprint density at radius 3 is 2.63 bits per heavy atom. The third kappa shape index (κ3) is 6.63. The molecule has 1 saturated heterocycles. The normalized spacial score (nSPS) is 16.5. The number of aliphatic hydroxyl groups is 1. The number of piperazine rings is 1. The highest BCUT2D eigenvalue weighted by molar-refractivity contribution is 5.91. The second kappa shape index (κ2) is 11.2. The molecule has 1 aromatic carbocycles. The Morgan fingerprint density at radius 1 is 1.23 bits per heavy atom. The van der Waals surface area contributed by atoms with E-state index >= 15 is 0 Å². The minimum atomic E-state index is -0.454. The Bertz CT molecular complexity index is 774. The number of amides is 1. The predicted octanol–water partition coefficient (Wildman–Crippen LogP) is 1.46. The van der Waals surface area contributed by atoms with Crippen LogP contribution < -0.4 is 0 Å². The Kier molecular flexibility index (Phi) is 8.39. The van der Waals surface area contributed by atoms with Gasteiger partial charge in [-0.15, -0.1) is 0 Å². The zero-order valence-electron chi connectivity index (χ0n) is 17.9. The number of carbonyl (C=O) groups excluding carboxylic acids is 1. The van der Waals surface area contributed by atoms with Crippen LogP contribution in [0.3, 0.4) is 0 Å². The lowest BCUT2D eigenvalue weighted by molar-refractivity contribution is 0.00949. The first kappa shape index (κ1) is 22.4. The topological polar surface area (TPSA) is 82.3 Å². The van der Waals surface area contributed by atoms with Crippen molar-refractivity contribution in [2.45, 2.75) is 26.1 Å². The highest BCUT2D eigenvalue weighted by Crippen LogP contribution is 2.12. The van der Waals surface area contributed by atoms with Crippen LogP contribution in [0.2, 0.25) is 0 Å². The molecule has 8 heteroatoms. The number of aliphatic hydroxyl groups excluding tert-OH is 1. The van der Waals surface area contributed by atoms with Crippen molar-refractivity contribution in [3.05, 3.63) is 53.7 Å². The van der Waals surface area contributed by atoms with E-state index in [1.165, 1.54) is 6.26 Å². The van der Waals surface area contributed by atoms with Crippen molar-refractivity contribution in [1.82, 2.24) is 19.7 Å². The van der Waals surface area contributed by atoms with Gasteiger partial charge in [0.1, 0.15) is 6.26 Å². The van der Waals surface area contributed by atoms with Crippen LogP contribution in [0.4, 0.5) is 0 Å². The lowest BCUT2D eigenvalue weighted by Gasteiger charge is -2.34. The Hall–Kier alpha value is -2.26. The van der Waals surface area contributed by atoms with Gasteiger partial charge in [0.25, 0.3) is 5.91 Å². The van der Waals surface area contributed by atoms with E-state index in [4.69, 9.17) is 9.15 Å². The molecular formula is C22H32N4O4. The molecule has 3 rings (SSSR count). The molecule has 8 nitrogen and oxygen atoms in total. The summed E-state index contributed by atoms with van der Waals surface area (Å²) in [6.07, 6.45) is 0.990. The van der Waals surface area contributed by atoms with E-state index in [0.29, 0.717) is 44.4 Å². The zero-order chi connectivity index (χ0) is 21.3.